The summed E-state index contributed by atoms with van der Waals surface area (Å²) < 4.78 is 5.91. The van der Waals surface area contributed by atoms with Crippen LogP contribution in [0.1, 0.15) is 29.6 Å². The molecule has 1 fully saturated rings. The summed E-state index contributed by atoms with van der Waals surface area (Å²) in [4.78, 5) is 17.0. The second-order valence-electron chi connectivity index (χ2n) is 6.45. The van der Waals surface area contributed by atoms with Crippen LogP contribution in [-0.4, -0.2) is 17.4 Å². The Morgan fingerprint density at radius 2 is 1.84 bits per heavy atom. The SMILES string of the molecule is O=C(NCC1CCC1)c1ccccc1-c1ncc(-c2ccccc2)o1. The van der Waals surface area contributed by atoms with Crippen molar-refractivity contribution < 1.29 is 9.21 Å². The van der Waals surface area contributed by atoms with Crippen molar-refractivity contribution in [2.45, 2.75) is 19.3 Å². The van der Waals surface area contributed by atoms with Gasteiger partial charge < -0.3 is 9.73 Å². The summed E-state index contributed by atoms with van der Waals surface area (Å²) in [5.74, 6) is 1.72. The minimum Gasteiger partial charge on any atom is -0.436 e. The van der Waals surface area contributed by atoms with Gasteiger partial charge in [-0.15, -0.1) is 0 Å². The van der Waals surface area contributed by atoms with Gasteiger partial charge >= 0.3 is 0 Å². The van der Waals surface area contributed by atoms with Crippen LogP contribution in [0.2, 0.25) is 0 Å². The number of carbonyl (C=O) groups is 1. The first-order valence-electron chi connectivity index (χ1n) is 8.70. The number of hydrogen-bond acceptors (Lipinski definition) is 3. The number of nitrogens with one attached hydrogen (secondary N) is 1. The monoisotopic (exact) mass is 332 g/mol. The van der Waals surface area contributed by atoms with Crippen molar-refractivity contribution >= 4 is 5.91 Å². The molecule has 0 atom stereocenters. The zero-order chi connectivity index (χ0) is 17.1. The molecular formula is C21H20N2O2. The number of oxazole rings is 1. The van der Waals surface area contributed by atoms with Gasteiger partial charge in [0.1, 0.15) is 0 Å². The molecule has 126 valence electrons. The van der Waals surface area contributed by atoms with Crippen LogP contribution >= 0.6 is 0 Å². The fraction of sp³-hybridized carbons (Fsp3) is 0.238. The maximum atomic E-state index is 12.6. The molecule has 0 spiro atoms. The quantitative estimate of drug-likeness (QED) is 0.746. The highest BCUT2D eigenvalue weighted by atomic mass is 16.4. The van der Waals surface area contributed by atoms with Crippen molar-refractivity contribution in [3.63, 3.8) is 0 Å². The van der Waals surface area contributed by atoms with Gasteiger partial charge in [0.25, 0.3) is 5.91 Å². The van der Waals surface area contributed by atoms with E-state index in [1.807, 2.05) is 54.6 Å². The number of hydrogen-bond donors (Lipinski definition) is 1. The molecule has 1 heterocycles. The third kappa shape index (κ3) is 3.33. The summed E-state index contributed by atoms with van der Waals surface area (Å²) in [5.41, 5.74) is 2.28. The lowest BCUT2D eigenvalue weighted by Gasteiger charge is -2.25. The van der Waals surface area contributed by atoms with Crippen LogP contribution in [0.25, 0.3) is 22.8 Å². The normalized spacial score (nSPS) is 14.1. The summed E-state index contributed by atoms with van der Waals surface area (Å²) >= 11 is 0. The fourth-order valence-electron chi connectivity index (χ4n) is 3.03. The van der Waals surface area contributed by atoms with Crippen LogP contribution in [-0.2, 0) is 0 Å². The zero-order valence-electron chi connectivity index (χ0n) is 13.9. The number of aromatic nitrogens is 1. The summed E-state index contributed by atoms with van der Waals surface area (Å²) in [6.07, 6.45) is 5.40. The first-order valence-corrected chi connectivity index (χ1v) is 8.70. The number of carbonyl (C=O) groups excluding carboxylic acids is 1. The van der Waals surface area contributed by atoms with Crippen LogP contribution in [0.5, 0.6) is 0 Å². The molecule has 1 aliphatic carbocycles. The Kier molecular flexibility index (Phi) is 4.34. The summed E-state index contributed by atoms with van der Waals surface area (Å²) in [7, 11) is 0. The first kappa shape index (κ1) is 15.6. The highest BCUT2D eigenvalue weighted by Crippen LogP contribution is 2.29. The lowest BCUT2D eigenvalue weighted by Crippen LogP contribution is -2.32. The molecule has 0 aliphatic heterocycles. The fourth-order valence-corrected chi connectivity index (χ4v) is 3.03. The second kappa shape index (κ2) is 6.93. The Morgan fingerprint density at radius 1 is 1.08 bits per heavy atom. The molecule has 4 heteroatoms. The molecule has 25 heavy (non-hydrogen) atoms. The average Bonchev–Trinajstić information content (AvgIpc) is 3.11. The van der Waals surface area contributed by atoms with Crippen LogP contribution in [0, 0.1) is 5.92 Å². The first-order chi connectivity index (χ1) is 12.3. The highest BCUT2D eigenvalue weighted by Gasteiger charge is 2.20. The molecule has 3 aromatic rings. The molecule has 1 amide bonds. The molecule has 0 bridgehead atoms. The van der Waals surface area contributed by atoms with Gasteiger partial charge in [0.05, 0.1) is 11.8 Å². The van der Waals surface area contributed by atoms with Gasteiger partial charge in [-0.1, -0.05) is 48.9 Å². The largest absolute Gasteiger partial charge is 0.436 e. The van der Waals surface area contributed by atoms with Gasteiger partial charge in [0.15, 0.2) is 5.76 Å². The van der Waals surface area contributed by atoms with Crippen molar-refractivity contribution in [2.24, 2.45) is 5.92 Å². The molecule has 1 aliphatic rings. The molecule has 0 radical (unpaired) electrons. The van der Waals surface area contributed by atoms with Crippen molar-refractivity contribution in [3.8, 4) is 22.8 Å². The molecule has 1 N–H and O–H groups in total. The van der Waals surface area contributed by atoms with E-state index >= 15 is 0 Å². The van der Waals surface area contributed by atoms with Crippen LogP contribution in [0.4, 0.5) is 0 Å². The highest BCUT2D eigenvalue weighted by molar-refractivity contribution is 6.00. The standard InChI is InChI=1S/C21H20N2O2/c24-20(22-13-15-7-6-8-15)17-11-4-5-12-18(17)21-23-14-19(25-21)16-9-2-1-3-10-16/h1-5,9-12,14-15H,6-8,13H2,(H,22,24). The van der Waals surface area contributed by atoms with E-state index in [0.29, 0.717) is 23.1 Å². The topological polar surface area (TPSA) is 55.1 Å². The molecule has 1 saturated carbocycles. The Morgan fingerprint density at radius 3 is 2.60 bits per heavy atom. The third-order valence-electron chi connectivity index (χ3n) is 4.74. The van der Waals surface area contributed by atoms with Crippen LogP contribution < -0.4 is 5.32 Å². The Hall–Kier alpha value is -2.88. The summed E-state index contributed by atoms with van der Waals surface area (Å²) in [6, 6.07) is 17.3. The molecule has 4 rings (SSSR count). The molecule has 0 unspecified atom stereocenters. The minimum atomic E-state index is -0.0676. The maximum absolute atomic E-state index is 12.6. The van der Waals surface area contributed by atoms with Crippen LogP contribution in [0.15, 0.2) is 65.2 Å². The van der Waals surface area contributed by atoms with E-state index in [4.69, 9.17) is 4.42 Å². The summed E-state index contributed by atoms with van der Waals surface area (Å²) in [5, 5.41) is 3.04. The third-order valence-corrected chi connectivity index (χ3v) is 4.74. The number of amides is 1. The van der Waals surface area contributed by atoms with Gasteiger partial charge in [-0.3, -0.25) is 4.79 Å². The average molecular weight is 332 g/mol. The van der Waals surface area contributed by atoms with Crippen molar-refractivity contribution in [1.29, 1.82) is 0 Å². The molecule has 0 saturated heterocycles. The van der Waals surface area contributed by atoms with Gasteiger partial charge in [-0.2, -0.15) is 0 Å². The predicted octanol–water partition coefficient (Wildman–Crippen LogP) is 4.54. The van der Waals surface area contributed by atoms with Gasteiger partial charge in [-0.25, -0.2) is 4.98 Å². The number of nitrogens with zero attached hydrogens (tertiary/aromatic N) is 1. The second-order valence-corrected chi connectivity index (χ2v) is 6.45. The van der Waals surface area contributed by atoms with E-state index in [0.717, 1.165) is 17.7 Å². The van der Waals surface area contributed by atoms with E-state index in [2.05, 4.69) is 10.3 Å². The van der Waals surface area contributed by atoms with Crippen molar-refractivity contribution in [2.75, 3.05) is 6.54 Å². The van der Waals surface area contributed by atoms with Gasteiger partial charge in [0, 0.05) is 17.7 Å². The predicted molar refractivity (Wildman–Crippen MR) is 97.0 cm³/mol. The Balaban J connectivity index is 1.58. The maximum Gasteiger partial charge on any atom is 0.252 e. The van der Waals surface area contributed by atoms with E-state index in [1.165, 1.54) is 19.3 Å². The Labute approximate surface area is 146 Å². The van der Waals surface area contributed by atoms with E-state index < -0.39 is 0 Å². The lowest BCUT2D eigenvalue weighted by molar-refractivity contribution is 0.0939. The van der Waals surface area contributed by atoms with Crippen molar-refractivity contribution in [3.05, 3.63) is 66.4 Å². The molecular weight excluding hydrogens is 312 g/mol. The number of benzene rings is 2. The van der Waals surface area contributed by atoms with Gasteiger partial charge in [0.2, 0.25) is 5.89 Å². The molecule has 4 nitrogen and oxygen atoms in total. The van der Waals surface area contributed by atoms with E-state index in [-0.39, 0.29) is 5.91 Å². The molecule has 1 aromatic heterocycles. The van der Waals surface area contributed by atoms with Crippen LogP contribution in [0.3, 0.4) is 0 Å². The van der Waals surface area contributed by atoms with Gasteiger partial charge in [-0.05, 0) is 30.9 Å². The lowest BCUT2D eigenvalue weighted by atomic mass is 9.85. The number of rotatable bonds is 5. The van der Waals surface area contributed by atoms with E-state index in [9.17, 15) is 4.79 Å². The smallest absolute Gasteiger partial charge is 0.252 e. The minimum absolute atomic E-state index is 0.0676. The van der Waals surface area contributed by atoms with Crippen molar-refractivity contribution in [1.82, 2.24) is 10.3 Å². The Bertz CT molecular complexity index is 866. The molecule has 2 aromatic carbocycles. The summed E-state index contributed by atoms with van der Waals surface area (Å²) in [6.45, 7) is 0.744. The van der Waals surface area contributed by atoms with E-state index in [1.54, 1.807) is 6.20 Å². The zero-order valence-corrected chi connectivity index (χ0v) is 13.9.